The molecule has 0 heterocycles. The number of carbonyl (C=O) groups excluding carboxylic acids is 1. The first-order valence-electron chi connectivity index (χ1n) is 6.81. The molecular formula is C13H24NaO4P. The molecule has 0 aromatic carbocycles. The minimum absolute atomic E-state index is 0. The van der Waals surface area contributed by atoms with E-state index in [4.69, 9.17) is 0 Å². The Labute approximate surface area is 138 Å². The van der Waals surface area contributed by atoms with E-state index in [0.29, 0.717) is 6.42 Å². The topological polar surface area (TPSA) is 74.3 Å². The molecule has 4 nitrogen and oxygen atoms in total. The van der Waals surface area contributed by atoms with Gasteiger partial charge >= 0.3 is 37.2 Å². The van der Waals surface area contributed by atoms with E-state index < -0.39 is 18.8 Å². The molecule has 1 atom stereocenters. The number of hydrogen-bond donors (Lipinski definition) is 0. The van der Waals surface area contributed by atoms with Gasteiger partial charge in [-0.1, -0.05) is 58.3 Å². The van der Waals surface area contributed by atoms with Crippen molar-refractivity contribution >= 4 is 13.6 Å². The van der Waals surface area contributed by atoms with Gasteiger partial charge in [0.2, 0.25) is 0 Å². The SMILES string of the molecule is CCCCCCCCCCC(C)(C(=O)[O-])P(=O)=O.[Na+]. The fraction of sp³-hybridized carbons (Fsp3) is 0.923. The molecule has 0 aliphatic carbocycles. The molecule has 0 bridgehead atoms. The van der Waals surface area contributed by atoms with Crippen LogP contribution >= 0.6 is 7.68 Å². The van der Waals surface area contributed by atoms with E-state index in [1.807, 2.05) is 0 Å². The molecule has 1 unspecified atom stereocenters. The van der Waals surface area contributed by atoms with Crippen LogP contribution in [0.2, 0.25) is 0 Å². The molecule has 0 N–H and O–H groups in total. The van der Waals surface area contributed by atoms with Gasteiger partial charge in [-0.05, 0) is 13.3 Å². The van der Waals surface area contributed by atoms with Crippen LogP contribution in [-0.4, -0.2) is 11.1 Å². The Morgan fingerprint density at radius 2 is 1.42 bits per heavy atom. The second kappa shape index (κ2) is 12.1. The Morgan fingerprint density at radius 1 is 1.00 bits per heavy atom. The van der Waals surface area contributed by atoms with Crippen LogP contribution in [0, 0.1) is 0 Å². The molecule has 0 spiro atoms. The van der Waals surface area contributed by atoms with Crippen LogP contribution in [0.15, 0.2) is 0 Å². The molecule has 6 heteroatoms. The standard InChI is InChI=1S/C13H25O4P.Na/c1-3-4-5-6-7-8-9-10-11-13(2,12(14)15)18(16)17;/h3-11H2,1-2H3,(H,14,15);/q;+1/p-1. The van der Waals surface area contributed by atoms with Gasteiger partial charge < -0.3 is 9.90 Å². The molecule has 0 aromatic rings. The third-order valence-electron chi connectivity index (χ3n) is 3.36. The summed E-state index contributed by atoms with van der Waals surface area (Å²) in [6, 6.07) is 0. The van der Waals surface area contributed by atoms with Gasteiger partial charge in [-0.2, -0.15) is 0 Å². The van der Waals surface area contributed by atoms with Crippen LogP contribution in [0.4, 0.5) is 0 Å². The van der Waals surface area contributed by atoms with Crippen molar-refractivity contribution in [2.24, 2.45) is 0 Å². The molecule has 0 aliphatic rings. The van der Waals surface area contributed by atoms with E-state index in [9.17, 15) is 19.0 Å². The molecule has 0 radical (unpaired) electrons. The van der Waals surface area contributed by atoms with Crippen LogP contribution in [0.3, 0.4) is 0 Å². The van der Waals surface area contributed by atoms with E-state index in [2.05, 4.69) is 6.92 Å². The van der Waals surface area contributed by atoms with E-state index in [1.54, 1.807) is 0 Å². The van der Waals surface area contributed by atoms with Crippen molar-refractivity contribution in [3.63, 3.8) is 0 Å². The van der Waals surface area contributed by atoms with Crippen molar-refractivity contribution in [1.29, 1.82) is 0 Å². The molecule has 0 saturated heterocycles. The number of rotatable bonds is 11. The Kier molecular flexibility index (Phi) is 13.8. The summed E-state index contributed by atoms with van der Waals surface area (Å²) in [5.41, 5.74) is 0. The van der Waals surface area contributed by atoms with E-state index in [-0.39, 0.29) is 36.0 Å². The van der Waals surface area contributed by atoms with Gasteiger partial charge in [0.1, 0.15) is 5.16 Å². The molecule has 0 amide bonds. The summed E-state index contributed by atoms with van der Waals surface area (Å²) in [7, 11) is -2.98. The zero-order valence-electron chi connectivity index (χ0n) is 12.4. The maximum absolute atomic E-state index is 10.9. The summed E-state index contributed by atoms with van der Waals surface area (Å²) in [6.07, 6.45) is 8.80. The first-order valence-corrected chi connectivity index (χ1v) is 7.99. The van der Waals surface area contributed by atoms with Crippen molar-refractivity contribution in [2.45, 2.75) is 76.8 Å². The summed E-state index contributed by atoms with van der Waals surface area (Å²) in [4.78, 5) is 10.8. The van der Waals surface area contributed by atoms with Crippen molar-refractivity contribution in [2.75, 3.05) is 0 Å². The third-order valence-corrected chi connectivity index (χ3v) is 4.57. The van der Waals surface area contributed by atoms with Crippen LogP contribution < -0.4 is 34.7 Å². The van der Waals surface area contributed by atoms with Gasteiger partial charge in [-0.25, -0.2) is 9.13 Å². The summed E-state index contributed by atoms with van der Waals surface area (Å²) in [5, 5.41) is 9.11. The zero-order chi connectivity index (χ0) is 14.0. The van der Waals surface area contributed by atoms with Gasteiger partial charge in [0.15, 0.2) is 0 Å². The molecule has 19 heavy (non-hydrogen) atoms. The number of unbranched alkanes of at least 4 members (excludes halogenated alkanes) is 7. The van der Waals surface area contributed by atoms with Crippen molar-refractivity contribution in [3.05, 3.63) is 0 Å². The summed E-state index contributed by atoms with van der Waals surface area (Å²) in [6.45, 7) is 3.40. The number of carboxylic acids is 1. The number of hydrogen-bond acceptors (Lipinski definition) is 4. The quantitative estimate of drug-likeness (QED) is 0.310. The molecule has 106 valence electrons. The molecular weight excluding hydrogens is 274 g/mol. The minimum Gasteiger partial charge on any atom is -0.549 e. The summed E-state index contributed by atoms with van der Waals surface area (Å²) in [5.74, 6) is -1.48. The largest absolute Gasteiger partial charge is 1.00 e. The smallest absolute Gasteiger partial charge is 0.549 e. The number of carbonyl (C=O) groups is 1. The average molecular weight is 298 g/mol. The monoisotopic (exact) mass is 298 g/mol. The summed E-state index contributed by atoms with van der Waals surface area (Å²) >= 11 is 0. The second-order valence-corrected chi connectivity index (χ2v) is 6.54. The first-order chi connectivity index (χ1) is 8.45. The normalized spacial score (nSPS) is 13.4. The van der Waals surface area contributed by atoms with E-state index in [0.717, 1.165) is 19.3 Å². The molecule has 0 fully saturated rings. The minimum atomic E-state index is -2.98. The van der Waals surface area contributed by atoms with Gasteiger partial charge in [0, 0.05) is 0 Å². The number of aliphatic carboxylic acids is 1. The fourth-order valence-corrected chi connectivity index (χ4v) is 2.36. The maximum Gasteiger partial charge on any atom is 1.00 e. The van der Waals surface area contributed by atoms with Crippen LogP contribution in [0.1, 0.15) is 71.6 Å². The first kappa shape index (κ1) is 21.7. The van der Waals surface area contributed by atoms with Crippen LogP contribution in [0.25, 0.3) is 0 Å². The van der Waals surface area contributed by atoms with Crippen molar-refractivity contribution < 1.29 is 48.6 Å². The van der Waals surface area contributed by atoms with Crippen LogP contribution in [-0.2, 0) is 13.9 Å². The van der Waals surface area contributed by atoms with E-state index >= 15 is 0 Å². The van der Waals surface area contributed by atoms with Crippen molar-refractivity contribution in [3.8, 4) is 0 Å². The Bertz CT molecular complexity index is 310. The molecule has 0 rings (SSSR count). The van der Waals surface area contributed by atoms with Gasteiger partial charge in [0.25, 0.3) is 0 Å². The van der Waals surface area contributed by atoms with Crippen molar-refractivity contribution in [1.82, 2.24) is 0 Å². The summed E-state index contributed by atoms with van der Waals surface area (Å²) < 4.78 is 21.8. The Hall–Kier alpha value is 0.370. The molecule has 0 aromatic heterocycles. The van der Waals surface area contributed by atoms with E-state index in [1.165, 1.54) is 32.6 Å². The predicted molar refractivity (Wildman–Crippen MR) is 68.9 cm³/mol. The zero-order valence-corrected chi connectivity index (χ0v) is 15.3. The van der Waals surface area contributed by atoms with Crippen LogP contribution in [0.5, 0.6) is 0 Å². The predicted octanol–water partition coefficient (Wildman–Crippen LogP) is 0.203. The van der Waals surface area contributed by atoms with Gasteiger partial charge in [-0.15, -0.1) is 0 Å². The third kappa shape index (κ3) is 9.01. The molecule has 0 aliphatic heterocycles. The molecule has 0 saturated carbocycles. The number of carboxylic acid groups (broad SMARTS) is 1. The van der Waals surface area contributed by atoms with Gasteiger partial charge in [-0.3, -0.25) is 0 Å². The average Bonchev–Trinajstić information content (AvgIpc) is 2.31. The second-order valence-electron chi connectivity index (χ2n) is 5.04. The van der Waals surface area contributed by atoms with Gasteiger partial charge in [0.05, 0.1) is 5.97 Å². The Morgan fingerprint density at radius 3 is 1.79 bits per heavy atom. The Balaban J connectivity index is 0. The fourth-order valence-electron chi connectivity index (χ4n) is 1.87. The maximum atomic E-state index is 10.9.